The SMILES string of the molecule is O=C(COC(=O)c1ccc(C(F)(F)F)cc1)NCCc1c[nH]c2ccccc12. The van der Waals surface area contributed by atoms with Crippen LogP contribution in [0.5, 0.6) is 0 Å². The first kappa shape index (κ1) is 19.5. The lowest BCUT2D eigenvalue weighted by molar-refractivity contribution is -0.137. The zero-order chi connectivity index (χ0) is 20.1. The fourth-order valence-corrected chi connectivity index (χ4v) is 2.74. The molecule has 2 N–H and O–H groups in total. The minimum Gasteiger partial charge on any atom is -0.452 e. The molecule has 0 fully saturated rings. The average Bonchev–Trinajstić information content (AvgIpc) is 3.09. The molecular formula is C20H17F3N2O3. The third-order valence-corrected chi connectivity index (χ3v) is 4.17. The van der Waals surface area contributed by atoms with Crippen molar-refractivity contribution < 1.29 is 27.5 Å². The number of hydrogen-bond acceptors (Lipinski definition) is 3. The lowest BCUT2D eigenvalue weighted by Crippen LogP contribution is -2.30. The standard InChI is InChI=1S/C20H17F3N2O3/c21-20(22,23)15-7-5-13(6-8-15)19(27)28-12-18(26)24-10-9-14-11-25-17-4-2-1-3-16(14)17/h1-8,11,25H,9-10,12H2,(H,24,26). The number of alkyl halides is 3. The number of aromatic nitrogens is 1. The molecule has 28 heavy (non-hydrogen) atoms. The molecule has 0 unspecified atom stereocenters. The van der Waals surface area contributed by atoms with E-state index in [4.69, 9.17) is 4.74 Å². The molecule has 3 aromatic rings. The van der Waals surface area contributed by atoms with Gasteiger partial charge in [0.1, 0.15) is 0 Å². The van der Waals surface area contributed by atoms with Crippen LogP contribution in [0.3, 0.4) is 0 Å². The van der Waals surface area contributed by atoms with Crippen LogP contribution >= 0.6 is 0 Å². The van der Waals surface area contributed by atoms with E-state index in [0.29, 0.717) is 13.0 Å². The van der Waals surface area contributed by atoms with Crippen molar-refractivity contribution in [2.45, 2.75) is 12.6 Å². The molecule has 1 amide bonds. The maximum Gasteiger partial charge on any atom is 0.416 e. The van der Waals surface area contributed by atoms with Gasteiger partial charge in [0.2, 0.25) is 0 Å². The van der Waals surface area contributed by atoms with Crippen molar-refractivity contribution in [3.63, 3.8) is 0 Å². The number of para-hydroxylation sites is 1. The summed E-state index contributed by atoms with van der Waals surface area (Å²) >= 11 is 0. The van der Waals surface area contributed by atoms with Crippen LogP contribution in [0.25, 0.3) is 10.9 Å². The number of benzene rings is 2. The van der Waals surface area contributed by atoms with Crippen LogP contribution in [-0.4, -0.2) is 30.0 Å². The van der Waals surface area contributed by atoms with Crippen molar-refractivity contribution in [1.82, 2.24) is 10.3 Å². The number of nitrogens with one attached hydrogen (secondary N) is 2. The molecule has 0 aliphatic heterocycles. The Morgan fingerprint density at radius 2 is 1.75 bits per heavy atom. The van der Waals surface area contributed by atoms with Gasteiger partial charge in [0.25, 0.3) is 5.91 Å². The Hall–Kier alpha value is -3.29. The Balaban J connectivity index is 1.44. The number of fused-ring (bicyclic) bond motifs is 1. The number of H-pyrrole nitrogens is 1. The first-order valence-corrected chi connectivity index (χ1v) is 8.50. The van der Waals surface area contributed by atoms with Crippen LogP contribution in [0.15, 0.2) is 54.7 Å². The number of esters is 1. The molecule has 0 bridgehead atoms. The predicted octanol–water partition coefficient (Wildman–Crippen LogP) is 3.70. The monoisotopic (exact) mass is 390 g/mol. The first-order valence-electron chi connectivity index (χ1n) is 8.50. The lowest BCUT2D eigenvalue weighted by Gasteiger charge is -2.08. The van der Waals surface area contributed by atoms with E-state index in [0.717, 1.165) is 40.7 Å². The van der Waals surface area contributed by atoms with Gasteiger partial charge in [-0.3, -0.25) is 4.79 Å². The van der Waals surface area contributed by atoms with E-state index in [-0.39, 0.29) is 5.56 Å². The Morgan fingerprint density at radius 3 is 2.46 bits per heavy atom. The van der Waals surface area contributed by atoms with E-state index in [1.807, 2.05) is 30.5 Å². The van der Waals surface area contributed by atoms with Crippen LogP contribution in [0.4, 0.5) is 13.2 Å². The number of halogens is 3. The van der Waals surface area contributed by atoms with Crippen LogP contribution in [-0.2, 0) is 22.1 Å². The molecule has 0 saturated heterocycles. The van der Waals surface area contributed by atoms with Gasteiger partial charge in [0.15, 0.2) is 6.61 Å². The number of hydrogen-bond donors (Lipinski definition) is 2. The maximum atomic E-state index is 12.5. The maximum absolute atomic E-state index is 12.5. The normalized spacial score (nSPS) is 11.4. The molecule has 146 valence electrons. The number of ether oxygens (including phenoxy) is 1. The van der Waals surface area contributed by atoms with Crippen LogP contribution in [0, 0.1) is 0 Å². The fourth-order valence-electron chi connectivity index (χ4n) is 2.74. The minimum atomic E-state index is -4.48. The molecule has 1 aromatic heterocycles. The Kier molecular flexibility index (Phi) is 5.67. The van der Waals surface area contributed by atoms with Crippen molar-refractivity contribution in [2.24, 2.45) is 0 Å². The van der Waals surface area contributed by atoms with Gasteiger partial charge in [-0.25, -0.2) is 4.79 Å². The van der Waals surface area contributed by atoms with Gasteiger partial charge in [0.05, 0.1) is 11.1 Å². The van der Waals surface area contributed by atoms with Gasteiger partial charge >= 0.3 is 12.1 Å². The van der Waals surface area contributed by atoms with Crippen LogP contribution < -0.4 is 5.32 Å². The van der Waals surface area contributed by atoms with E-state index in [1.165, 1.54) is 0 Å². The zero-order valence-electron chi connectivity index (χ0n) is 14.7. The highest BCUT2D eigenvalue weighted by molar-refractivity contribution is 5.91. The number of carbonyl (C=O) groups excluding carboxylic acids is 2. The van der Waals surface area contributed by atoms with Crippen molar-refractivity contribution >= 4 is 22.8 Å². The van der Waals surface area contributed by atoms with Gasteiger partial charge in [-0.1, -0.05) is 18.2 Å². The summed E-state index contributed by atoms with van der Waals surface area (Å²) in [5, 5.41) is 3.72. The first-order chi connectivity index (χ1) is 13.3. The molecule has 0 spiro atoms. The molecule has 0 saturated carbocycles. The summed E-state index contributed by atoms with van der Waals surface area (Å²) in [5.74, 6) is -1.35. The second-order valence-corrected chi connectivity index (χ2v) is 6.11. The lowest BCUT2D eigenvalue weighted by atomic mass is 10.1. The van der Waals surface area contributed by atoms with Gasteiger partial charge < -0.3 is 15.0 Å². The number of amides is 1. The minimum absolute atomic E-state index is 0.0559. The van der Waals surface area contributed by atoms with Crippen molar-refractivity contribution in [1.29, 1.82) is 0 Å². The van der Waals surface area contributed by atoms with Gasteiger partial charge in [-0.2, -0.15) is 13.2 Å². The largest absolute Gasteiger partial charge is 0.452 e. The highest BCUT2D eigenvalue weighted by Crippen LogP contribution is 2.29. The van der Waals surface area contributed by atoms with E-state index in [1.54, 1.807) is 0 Å². The Morgan fingerprint density at radius 1 is 1.04 bits per heavy atom. The third kappa shape index (κ3) is 4.70. The molecule has 2 aromatic carbocycles. The molecule has 0 radical (unpaired) electrons. The number of aromatic amines is 1. The van der Waals surface area contributed by atoms with Crippen LogP contribution in [0.2, 0.25) is 0 Å². The summed E-state index contributed by atoms with van der Waals surface area (Å²) in [4.78, 5) is 26.8. The summed E-state index contributed by atoms with van der Waals surface area (Å²) in [6, 6.07) is 11.4. The van der Waals surface area contributed by atoms with Crippen molar-refractivity contribution in [3.8, 4) is 0 Å². The smallest absolute Gasteiger partial charge is 0.416 e. The summed E-state index contributed by atoms with van der Waals surface area (Å²) in [7, 11) is 0. The summed E-state index contributed by atoms with van der Waals surface area (Å²) < 4.78 is 42.4. The quantitative estimate of drug-likeness (QED) is 0.631. The van der Waals surface area contributed by atoms with Crippen LogP contribution in [0.1, 0.15) is 21.5 Å². The molecule has 1 heterocycles. The Labute approximate surface area is 158 Å². The second kappa shape index (κ2) is 8.16. The molecule has 0 aliphatic rings. The van der Waals surface area contributed by atoms with E-state index in [9.17, 15) is 22.8 Å². The molecule has 8 heteroatoms. The van der Waals surface area contributed by atoms with Gasteiger partial charge in [-0.05, 0) is 42.3 Å². The van der Waals surface area contributed by atoms with Crippen molar-refractivity contribution in [2.75, 3.05) is 13.2 Å². The molecule has 3 rings (SSSR count). The second-order valence-electron chi connectivity index (χ2n) is 6.11. The average molecular weight is 390 g/mol. The van der Waals surface area contributed by atoms with E-state index < -0.39 is 30.2 Å². The molecular weight excluding hydrogens is 373 g/mol. The Bertz CT molecular complexity index is 978. The fraction of sp³-hybridized carbons (Fsp3) is 0.200. The van der Waals surface area contributed by atoms with E-state index in [2.05, 4.69) is 10.3 Å². The predicted molar refractivity (Wildman–Crippen MR) is 96.7 cm³/mol. The van der Waals surface area contributed by atoms with Gasteiger partial charge in [0, 0.05) is 23.6 Å². The number of carbonyl (C=O) groups is 2. The number of rotatable bonds is 6. The summed E-state index contributed by atoms with van der Waals surface area (Å²) in [6.45, 7) is -0.147. The topological polar surface area (TPSA) is 71.2 Å². The summed E-state index contributed by atoms with van der Waals surface area (Å²) in [6.07, 6.45) is -2.00. The molecule has 0 atom stereocenters. The highest BCUT2D eigenvalue weighted by atomic mass is 19.4. The molecule has 5 nitrogen and oxygen atoms in total. The van der Waals surface area contributed by atoms with Gasteiger partial charge in [-0.15, -0.1) is 0 Å². The summed E-state index contributed by atoms with van der Waals surface area (Å²) in [5.41, 5.74) is 1.14. The zero-order valence-corrected chi connectivity index (χ0v) is 14.7. The van der Waals surface area contributed by atoms with Crippen molar-refractivity contribution in [3.05, 3.63) is 71.4 Å². The highest BCUT2D eigenvalue weighted by Gasteiger charge is 2.30. The third-order valence-electron chi connectivity index (χ3n) is 4.17. The van der Waals surface area contributed by atoms with E-state index >= 15 is 0 Å². The molecule has 0 aliphatic carbocycles.